The summed E-state index contributed by atoms with van der Waals surface area (Å²) in [6, 6.07) is 13.2. The Labute approximate surface area is 170 Å². The van der Waals surface area contributed by atoms with Crippen molar-refractivity contribution >= 4 is 17.5 Å². The van der Waals surface area contributed by atoms with Crippen molar-refractivity contribution in [2.45, 2.75) is 40.8 Å². The van der Waals surface area contributed by atoms with Crippen LogP contribution in [-0.2, 0) is 17.9 Å². The molecular weight excluding hydrogens is 366 g/mol. The van der Waals surface area contributed by atoms with Crippen molar-refractivity contribution in [3.63, 3.8) is 0 Å². The highest BCUT2D eigenvalue weighted by atomic mass is 16.3. The fraction of sp³-hybridized carbons (Fsp3) is 0.304. The molecule has 0 unspecified atom stereocenters. The Morgan fingerprint density at radius 3 is 2.59 bits per heavy atom. The highest BCUT2D eigenvalue weighted by molar-refractivity contribution is 5.95. The number of furan rings is 1. The monoisotopic (exact) mass is 393 g/mol. The molecular formula is C23H27N3O3. The highest BCUT2D eigenvalue weighted by Gasteiger charge is 2.16. The van der Waals surface area contributed by atoms with Gasteiger partial charge in [-0.15, -0.1) is 0 Å². The molecule has 0 bridgehead atoms. The lowest BCUT2D eigenvalue weighted by Crippen LogP contribution is -2.23. The number of rotatable bonds is 7. The summed E-state index contributed by atoms with van der Waals surface area (Å²) in [6.45, 7) is 8.59. The molecule has 2 aromatic heterocycles. The maximum absolute atomic E-state index is 12.7. The van der Waals surface area contributed by atoms with E-state index in [1.54, 1.807) is 6.26 Å². The van der Waals surface area contributed by atoms with Crippen molar-refractivity contribution in [2.24, 2.45) is 5.92 Å². The van der Waals surface area contributed by atoms with E-state index in [2.05, 4.69) is 15.2 Å². The molecule has 0 saturated carbocycles. The number of benzene rings is 1. The predicted octanol–water partition coefficient (Wildman–Crippen LogP) is 4.27. The normalized spacial score (nSPS) is 10.9. The maximum atomic E-state index is 12.7. The molecule has 0 atom stereocenters. The average Bonchev–Trinajstić information content (AvgIpc) is 3.30. The largest absolute Gasteiger partial charge is 0.467 e. The molecule has 0 aliphatic heterocycles. The topological polar surface area (TPSA) is 76.3 Å². The second kappa shape index (κ2) is 8.82. The predicted molar refractivity (Wildman–Crippen MR) is 113 cm³/mol. The number of amides is 2. The van der Waals surface area contributed by atoms with E-state index in [1.165, 1.54) is 0 Å². The average molecular weight is 393 g/mol. The maximum Gasteiger partial charge on any atom is 0.253 e. The molecule has 29 heavy (non-hydrogen) atoms. The van der Waals surface area contributed by atoms with Crippen LogP contribution in [0.15, 0.2) is 53.1 Å². The van der Waals surface area contributed by atoms with E-state index in [0.717, 1.165) is 28.4 Å². The molecule has 6 nitrogen and oxygen atoms in total. The minimum atomic E-state index is -0.125. The van der Waals surface area contributed by atoms with Crippen molar-refractivity contribution in [1.82, 2.24) is 9.88 Å². The van der Waals surface area contributed by atoms with Crippen LogP contribution in [0.2, 0.25) is 0 Å². The van der Waals surface area contributed by atoms with Gasteiger partial charge in [0, 0.05) is 29.5 Å². The van der Waals surface area contributed by atoms with Gasteiger partial charge in [0.2, 0.25) is 5.91 Å². The number of aryl methyl sites for hydroxylation is 1. The lowest BCUT2D eigenvalue weighted by atomic mass is 10.1. The van der Waals surface area contributed by atoms with Crippen LogP contribution < -0.4 is 10.6 Å². The smallest absolute Gasteiger partial charge is 0.253 e. The molecule has 6 heteroatoms. The Kier molecular flexibility index (Phi) is 6.22. The Morgan fingerprint density at radius 2 is 1.90 bits per heavy atom. The second-order valence-corrected chi connectivity index (χ2v) is 7.48. The van der Waals surface area contributed by atoms with Crippen molar-refractivity contribution in [1.29, 1.82) is 0 Å². The number of nitrogens with one attached hydrogen (secondary N) is 2. The van der Waals surface area contributed by atoms with Crippen LogP contribution >= 0.6 is 0 Å². The van der Waals surface area contributed by atoms with Gasteiger partial charge in [-0.25, -0.2) is 0 Å². The molecule has 2 amide bonds. The molecule has 0 saturated heterocycles. The van der Waals surface area contributed by atoms with Crippen LogP contribution in [0.25, 0.3) is 0 Å². The van der Waals surface area contributed by atoms with E-state index in [0.29, 0.717) is 18.7 Å². The molecule has 0 aliphatic carbocycles. The molecule has 2 N–H and O–H groups in total. The molecule has 0 fully saturated rings. The summed E-state index contributed by atoms with van der Waals surface area (Å²) in [5.41, 5.74) is 4.20. The molecule has 3 aromatic rings. The number of hydrogen-bond donors (Lipinski definition) is 2. The van der Waals surface area contributed by atoms with E-state index >= 15 is 0 Å². The van der Waals surface area contributed by atoms with Gasteiger partial charge in [-0.2, -0.15) is 0 Å². The first-order valence-corrected chi connectivity index (χ1v) is 9.72. The lowest BCUT2D eigenvalue weighted by molar-refractivity contribution is -0.118. The van der Waals surface area contributed by atoms with Crippen LogP contribution in [0.3, 0.4) is 0 Å². The van der Waals surface area contributed by atoms with Crippen LogP contribution in [0.5, 0.6) is 0 Å². The third kappa shape index (κ3) is 4.96. The van der Waals surface area contributed by atoms with Crippen molar-refractivity contribution in [3.8, 4) is 0 Å². The number of anilines is 1. The lowest BCUT2D eigenvalue weighted by Gasteiger charge is -2.10. The summed E-state index contributed by atoms with van der Waals surface area (Å²) in [7, 11) is 0. The molecule has 0 spiro atoms. The first kappa shape index (κ1) is 20.5. The van der Waals surface area contributed by atoms with Crippen LogP contribution in [0.4, 0.5) is 5.69 Å². The summed E-state index contributed by atoms with van der Waals surface area (Å²) in [5, 5.41) is 5.85. The molecule has 0 radical (unpaired) electrons. The Balaban J connectivity index is 1.66. The zero-order chi connectivity index (χ0) is 21.0. The quantitative estimate of drug-likeness (QED) is 0.629. The van der Waals surface area contributed by atoms with Gasteiger partial charge in [0.05, 0.1) is 18.4 Å². The summed E-state index contributed by atoms with van der Waals surface area (Å²) in [6.07, 6.45) is 1.65. The van der Waals surface area contributed by atoms with E-state index < -0.39 is 0 Å². The molecule has 1 aromatic carbocycles. The van der Waals surface area contributed by atoms with Gasteiger partial charge in [-0.3, -0.25) is 9.59 Å². The third-order valence-electron chi connectivity index (χ3n) is 4.88. The number of carbonyl (C=O) groups excluding carboxylic acids is 2. The highest BCUT2D eigenvalue weighted by Crippen LogP contribution is 2.18. The van der Waals surface area contributed by atoms with E-state index in [1.807, 2.05) is 70.2 Å². The summed E-state index contributed by atoms with van der Waals surface area (Å²) in [5.74, 6) is 0.601. The van der Waals surface area contributed by atoms with Gasteiger partial charge in [-0.05, 0) is 49.7 Å². The fourth-order valence-electron chi connectivity index (χ4n) is 3.16. The van der Waals surface area contributed by atoms with Gasteiger partial charge in [0.15, 0.2) is 0 Å². The number of carbonyl (C=O) groups is 2. The van der Waals surface area contributed by atoms with E-state index in [9.17, 15) is 9.59 Å². The van der Waals surface area contributed by atoms with Gasteiger partial charge >= 0.3 is 0 Å². The van der Waals surface area contributed by atoms with E-state index in [-0.39, 0.29) is 17.7 Å². The second-order valence-electron chi connectivity index (χ2n) is 7.48. The number of nitrogens with zero attached hydrogens (tertiary/aromatic N) is 1. The SMILES string of the molecule is Cc1cc(C(=O)NCc2cccc(NC(=O)C(C)C)c2)c(C)n1Cc1ccco1. The third-order valence-corrected chi connectivity index (χ3v) is 4.88. The summed E-state index contributed by atoms with van der Waals surface area (Å²) < 4.78 is 7.49. The van der Waals surface area contributed by atoms with Gasteiger partial charge in [0.25, 0.3) is 5.91 Å². The van der Waals surface area contributed by atoms with E-state index in [4.69, 9.17) is 4.42 Å². The summed E-state index contributed by atoms with van der Waals surface area (Å²) >= 11 is 0. The van der Waals surface area contributed by atoms with Crippen LogP contribution in [0, 0.1) is 19.8 Å². The fourth-order valence-corrected chi connectivity index (χ4v) is 3.16. The number of hydrogen-bond acceptors (Lipinski definition) is 3. The number of aromatic nitrogens is 1. The zero-order valence-electron chi connectivity index (χ0n) is 17.3. The molecule has 152 valence electrons. The first-order valence-electron chi connectivity index (χ1n) is 9.72. The van der Waals surface area contributed by atoms with Gasteiger partial charge in [-0.1, -0.05) is 26.0 Å². The Hall–Kier alpha value is -3.28. The van der Waals surface area contributed by atoms with Crippen molar-refractivity contribution in [3.05, 3.63) is 77.0 Å². The van der Waals surface area contributed by atoms with Crippen molar-refractivity contribution in [2.75, 3.05) is 5.32 Å². The minimum Gasteiger partial charge on any atom is -0.467 e. The van der Waals surface area contributed by atoms with Crippen molar-refractivity contribution < 1.29 is 14.0 Å². The first-order chi connectivity index (χ1) is 13.8. The van der Waals surface area contributed by atoms with Crippen LogP contribution in [0.1, 0.15) is 46.9 Å². The molecule has 3 rings (SSSR count). The Bertz CT molecular complexity index is 1000. The zero-order valence-corrected chi connectivity index (χ0v) is 17.3. The van der Waals surface area contributed by atoms with Crippen LogP contribution in [-0.4, -0.2) is 16.4 Å². The minimum absolute atomic E-state index is 0.0322. The molecule has 2 heterocycles. The standard InChI is InChI=1S/C23H27N3O3/c1-15(2)22(27)25-19-8-5-7-18(12-19)13-24-23(28)21-11-16(3)26(17(21)4)14-20-9-6-10-29-20/h5-12,15H,13-14H2,1-4H3,(H,24,28)(H,25,27). The Morgan fingerprint density at radius 1 is 1.10 bits per heavy atom. The van der Waals surface area contributed by atoms with Gasteiger partial charge in [0.1, 0.15) is 5.76 Å². The molecule has 0 aliphatic rings. The summed E-state index contributed by atoms with van der Waals surface area (Å²) in [4.78, 5) is 24.6. The van der Waals surface area contributed by atoms with Gasteiger partial charge < -0.3 is 19.6 Å².